The molecule has 0 aromatic carbocycles. The van der Waals surface area contributed by atoms with Gasteiger partial charge >= 0.3 is 6.47 Å². The topological polar surface area (TPSA) is 44.8 Å². The molecule has 0 rings (SSSR count). The normalized spacial score (nSPS) is 9.30. The zero-order chi connectivity index (χ0) is 7.66. The van der Waals surface area contributed by atoms with Crippen LogP contribution in [0.2, 0.25) is 0 Å². The Morgan fingerprint density at radius 3 is 2.90 bits per heavy atom. The highest BCUT2D eigenvalue weighted by atomic mass is 17.2. The molecule has 0 atom stereocenters. The van der Waals surface area contributed by atoms with E-state index in [1.165, 1.54) is 0 Å². The first-order valence-electron chi connectivity index (χ1n) is 3.21. The third-order valence-electron chi connectivity index (χ3n) is 0.881. The van der Waals surface area contributed by atoms with Crippen LogP contribution in [0.5, 0.6) is 0 Å². The number of unbranched alkanes of at least 4 members (excludes halogenated alkanes) is 1. The van der Waals surface area contributed by atoms with Gasteiger partial charge in [-0.15, -0.1) is 0 Å². The van der Waals surface area contributed by atoms with Crippen LogP contribution in [0.15, 0.2) is 0 Å². The van der Waals surface area contributed by atoms with E-state index in [0.717, 1.165) is 12.8 Å². The second-order valence-electron chi connectivity index (χ2n) is 1.69. The van der Waals surface area contributed by atoms with E-state index in [4.69, 9.17) is 4.74 Å². The smallest absolute Gasteiger partial charge is 0.330 e. The lowest BCUT2D eigenvalue weighted by molar-refractivity contribution is -0.300. The monoisotopic (exact) mass is 148 g/mol. The lowest BCUT2D eigenvalue weighted by atomic mass is 10.4. The molecule has 0 aliphatic rings. The minimum atomic E-state index is 0.0126. The summed E-state index contributed by atoms with van der Waals surface area (Å²) < 4.78 is 4.87. The lowest BCUT2D eigenvalue weighted by Crippen LogP contribution is -2.01. The number of carbonyl (C=O) groups excluding carboxylic acids is 1. The van der Waals surface area contributed by atoms with Gasteiger partial charge in [0.05, 0.1) is 0 Å². The molecule has 0 spiro atoms. The largest absolute Gasteiger partial charge is 0.351 e. The molecule has 0 saturated heterocycles. The Bertz CT molecular complexity index is 74.1. The van der Waals surface area contributed by atoms with Crippen LogP contribution < -0.4 is 0 Å². The van der Waals surface area contributed by atoms with E-state index in [1.54, 1.807) is 0 Å². The fourth-order valence-corrected chi connectivity index (χ4v) is 0.395. The standard InChI is InChI=1S/C6H12O4/c1-2-3-4-8-6-10-9-5-7/h5H,2-4,6H2,1H3. The van der Waals surface area contributed by atoms with Gasteiger partial charge in [-0.05, 0) is 6.42 Å². The van der Waals surface area contributed by atoms with Gasteiger partial charge in [-0.1, -0.05) is 13.3 Å². The molecule has 0 heterocycles. The third kappa shape index (κ3) is 7.39. The van der Waals surface area contributed by atoms with Gasteiger partial charge < -0.3 is 4.74 Å². The van der Waals surface area contributed by atoms with E-state index in [1.807, 2.05) is 0 Å². The Labute approximate surface area is 60.0 Å². The first-order valence-corrected chi connectivity index (χ1v) is 3.21. The van der Waals surface area contributed by atoms with Gasteiger partial charge in [0.1, 0.15) is 0 Å². The summed E-state index contributed by atoms with van der Waals surface area (Å²) in [6, 6.07) is 0. The Hall–Kier alpha value is -0.610. The minimum absolute atomic E-state index is 0.0126. The molecule has 60 valence electrons. The van der Waals surface area contributed by atoms with E-state index in [9.17, 15) is 4.79 Å². The maximum Gasteiger partial charge on any atom is 0.330 e. The van der Waals surface area contributed by atoms with E-state index in [0.29, 0.717) is 6.61 Å². The fourth-order valence-electron chi connectivity index (χ4n) is 0.395. The van der Waals surface area contributed by atoms with Crippen LogP contribution in [-0.4, -0.2) is 19.9 Å². The van der Waals surface area contributed by atoms with Crippen LogP contribution >= 0.6 is 0 Å². The molecule has 0 bridgehead atoms. The number of hydrogen-bond acceptors (Lipinski definition) is 4. The van der Waals surface area contributed by atoms with Crippen molar-refractivity contribution >= 4 is 6.47 Å². The van der Waals surface area contributed by atoms with Crippen molar-refractivity contribution in [3.05, 3.63) is 0 Å². The van der Waals surface area contributed by atoms with Crippen molar-refractivity contribution in [2.75, 3.05) is 13.4 Å². The van der Waals surface area contributed by atoms with Crippen molar-refractivity contribution in [1.29, 1.82) is 0 Å². The molecule has 0 aliphatic carbocycles. The summed E-state index contributed by atoms with van der Waals surface area (Å²) in [4.78, 5) is 17.6. The molecule has 0 aromatic heterocycles. The quantitative estimate of drug-likeness (QED) is 0.177. The van der Waals surface area contributed by atoms with Gasteiger partial charge in [-0.25, -0.2) is 0 Å². The highest BCUT2D eigenvalue weighted by Gasteiger charge is 1.86. The van der Waals surface area contributed by atoms with Gasteiger partial charge in [0.15, 0.2) is 6.79 Å². The van der Waals surface area contributed by atoms with E-state index >= 15 is 0 Å². The number of carbonyl (C=O) groups is 1. The molecular weight excluding hydrogens is 136 g/mol. The summed E-state index contributed by atoms with van der Waals surface area (Å²) in [7, 11) is 0. The van der Waals surface area contributed by atoms with Gasteiger partial charge in [0.2, 0.25) is 0 Å². The van der Waals surface area contributed by atoms with Crippen molar-refractivity contribution in [3.63, 3.8) is 0 Å². The predicted molar refractivity (Wildman–Crippen MR) is 34.0 cm³/mol. The van der Waals surface area contributed by atoms with Crippen LogP contribution in [-0.2, 0) is 19.3 Å². The Morgan fingerprint density at radius 1 is 1.50 bits per heavy atom. The van der Waals surface area contributed by atoms with Crippen molar-refractivity contribution in [2.24, 2.45) is 0 Å². The second kappa shape index (κ2) is 8.39. The lowest BCUT2D eigenvalue weighted by Gasteiger charge is -1.99. The van der Waals surface area contributed by atoms with E-state index in [-0.39, 0.29) is 13.3 Å². The van der Waals surface area contributed by atoms with Crippen LogP contribution in [0.25, 0.3) is 0 Å². The van der Waals surface area contributed by atoms with Crippen LogP contribution in [0.4, 0.5) is 0 Å². The van der Waals surface area contributed by atoms with Crippen LogP contribution in [0, 0.1) is 0 Å². The third-order valence-corrected chi connectivity index (χ3v) is 0.881. The molecule has 0 fully saturated rings. The first kappa shape index (κ1) is 9.39. The number of hydrogen-bond donors (Lipinski definition) is 0. The highest BCUT2D eigenvalue weighted by molar-refractivity contribution is 5.35. The Kier molecular flexibility index (Phi) is 7.88. The summed E-state index contributed by atoms with van der Waals surface area (Å²) in [5.41, 5.74) is 0. The molecule has 10 heavy (non-hydrogen) atoms. The SMILES string of the molecule is CCCCOCOOC=O. The first-order chi connectivity index (χ1) is 4.91. The molecule has 0 saturated carbocycles. The van der Waals surface area contributed by atoms with E-state index in [2.05, 4.69) is 16.7 Å². The van der Waals surface area contributed by atoms with Crippen LogP contribution in [0.1, 0.15) is 19.8 Å². The van der Waals surface area contributed by atoms with Gasteiger partial charge in [-0.3, -0.25) is 9.68 Å². The van der Waals surface area contributed by atoms with Crippen molar-refractivity contribution < 1.29 is 19.3 Å². The molecule has 0 radical (unpaired) electrons. The Morgan fingerprint density at radius 2 is 2.30 bits per heavy atom. The molecule has 0 aromatic rings. The number of rotatable bonds is 7. The number of ether oxygens (including phenoxy) is 1. The molecule has 0 N–H and O–H groups in total. The summed E-state index contributed by atoms with van der Waals surface area (Å²) in [5, 5.41) is 0. The summed E-state index contributed by atoms with van der Waals surface area (Å²) in [6.07, 6.45) is 2.07. The van der Waals surface area contributed by atoms with Crippen molar-refractivity contribution in [3.8, 4) is 0 Å². The molecule has 4 nitrogen and oxygen atoms in total. The maximum atomic E-state index is 9.49. The van der Waals surface area contributed by atoms with E-state index < -0.39 is 0 Å². The van der Waals surface area contributed by atoms with Crippen LogP contribution in [0.3, 0.4) is 0 Å². The summed E-state index contributed by atoms with van der Waals surface area (Å²) >= 11 is 0. The summed E-state index contributed by atoms with van der Waals surface area (Å²) in [5.74, 6) is 0. The van der Waals surface area contributed by atoms with Crippen molar-refractivity contribution in [2.45, 2.75) is 19.8 Å². The zero-order valence-electron chi connectivity index (χ0n) is 6.04. The molecule has 4 heteroatoms. The summed E-state index contributed by atoms with van der Waals surface area (Å²) in [6.45, 7) is 2.92. The van der Waals surface area contributed by atoms with Gasteiger partial charge in [0, 0.05) is 6.61 Å². The van der Waals surface area contributed by atoms with Gasteiger partial charge in [-0.2, -0.15) is 4.89 Å². The second-order valence-corrected chi connectivity index (χ2v) is 1.69. The molecule has 0 aliphatic heterocycles. The highest BCUT2D eigenvalue weighted by Crippen LogP contribution is 1.87. The van der Waals surface area contributed by atoms with Crippen molar-refractivity contribution in [1.82, 2.24) is 0 Å². The molecular formula is C6H12O4. The Balaban J connectivity index is 2.70. The predicted octanol–water partition coefficient (Wildman–Crippen LogP) is 0.865. The molecule has 0 amide bonds. The molecule has 0 unspecified atom stereocenters. The zero-order valence-corrected chi connectivity index (χ0v) is 6.04. The van der Waals surface area contributed by atoms with Gasteiger partial charge in [0.25, 0.3) is 0 Å². The minimum Gasteiger partial charge on any atom is -0.351 e. The average Bonchev–Trinajstić information content (AvgIpc) is 1.97. The maximum absolute atomic E-state index is 9.49. The average molecular weight is 148 g/mol. The fraction of sp³-hybridized carbons (Fsp3) is 0.833.